The lowest BCUT2D eigenvalue weighted by Gasteiger charge is -2.23. The molecular formula is C32H47N7O8. The summed E-state index contributed by atoms with van der Waals surface area (Å²) in [5, 5.41) is 11.0. The number of urea groups is 2. The van der Waals surface area contributed by atoms with Crippen LogP contribution in [0.5, 0.6) is 0 Å². The molecular weight excluding hydrogens is 610 g/mol. The molecule has 1 aliphatic rings. The molecule has 15 nitrogen and oxygen atoms in total. The Kier molecular flexibility index (Phi) is 15.4. The van der Waals surface area contributed by atoms with E-state index in [1.165, 1.54) is 0 Å². The molecule has 1 aromatic rings. The zero-order chi connectivity index (χ0) is 35.0. The van der Waals surface area contributed by atoms with Crippen molar-refractivity contribution in [3.63, 3.8) is 0 Å². The van der Waals surface area contributed by atoms with Gasteiger partial charge < -0.3 is 37.5 Å². The van der Waals surface area contributed by atoms with Crippen LogP contribution in [0.2, 0.25) is 0 Å². The van der Waals surface area contributed by atoms with E-state index in [2.05, 4.69) is 21.3 Å². The predicted molar refractivity (Wildman–Crippen MR) is 173 cm³/mol. The van der Waals surface area contributed by atoms with E-state index in [1.807, 2.05) is 24.3 Å². The molecule has 0 aliphatic carbocycles. The van der Waals surface area contributed by atoms with Crippen molar-refractivity contribution in [2.75, 3.05) is 31.5 Å². The highest BCUT2D eigenvalue weighted by Crippen LogP contribution is 2.19. The molecule has 1 aromatic carbocycles. The number of primary amides is 2. The van der Waals surface area contributed by atoms with Crippen LogP contribution in [-0.4, -0.2) is 78.7 Å². The monoisotopic (exact) mass is 657 g/mol. The molecule has 15 heteroatoms. The number of carbonyl (C=O) groups is 7. The molecule has 0 bridgehead atoms. The third-order valence-corrected chi connectivity index (χ3v) is 7.27. The summed E-state index contributed by atoms with van der Waals surface area (Å²) in [6, 6.07) is 5.11. The van der Waals surface area contributed by atoms with E-state index in [-0.39, 0.29) is 56.6 Å². The molecule has 47 heavy (non-hydrogen) atoms. The molecule has 0 unspecified atom stereocenters. The molecule has 1 heterocycles. The van der Waals surface area contributed by atoms with Gasteiger partial charge in [0.05, 0.1) is 11.5 Å². The van der Waals surface area contributed by atoms with E-state index >= 15 is 0 Å². The molecule has 8 N–H and O–H groups in total. The van der Waals surface area contributed by atoms with Crippen LogP contribution in [0.25, 0.3) is 0 Å². The maximum absolute atomic E-state index is 13.6. The number of hydrogen-bond acceptors (Lipinski definition) is 9. The van der Waals surface area contributed by atoms with Gasteiger partial charge in [-0.2, -0.15) is 0 Å². The summed E-state index contributed by atoms with van der Waals surface area (Å²) in [7, 11) is 0. The van der Waals surface area contributed by atoms with E-state index in [1.54, 1.807) is 20.8 Å². The Morgan fingerprint density at radius 3 is 2.00 bits per heavy atom. The molecule has 258 valence electrons. The van der Waals surface area contributed by atoms with Crippen molar-refractivity contribution in [2.24, 2.45) is 22.8 Å². The number of ether oxygens (including phenoxy) is 1. The normalized spacial score (nSPS) is 13.9. The fourth-order valence-corrected chi connectivity index (χ4v) is 4.61. The maximum atomic E-state index is 13.6. The quantitative estimate of drug-likeness (QED) is 0.0676. The van der Waals surface area contributed by atoms with Gasteiger partial charge in [0, 0.05) is 56.9 Å². The van der Waals surface area contributed by atoms with Gasteiger partial charge in [0.15, 0.2) is 5.78 Å². The lowest BCUT2D eigenvalue weighted by Crippen LogP contribution is -2.44. The Labute approximate surface area is 274 Å². The van der Waals surface area contributed by atoms with Gasteiger partial charge in [-0.15, -0.1) is 0 Å². The number of benzene rings is 1. The number of esters is 1. The fraction of sp³-hybridized carbons (Fsp3) is 0.531. The van der Waals surface area contributed by atoms with E-state index in [9.17, 15) is 33.6 Å². The second kappa shape index (κ2) is 18.9. The predicted octanol–water partition coefficient (Wildman–Crippen LogP) is 1.46. The number of carbonyl (C=O) groups excluding carboxylic acids is 7. The minimum atomic E-state index is -0.887. The van der Waals surface area contributed by atoms with Gasteiger partial charge in [-0.25, -0.2) is 9.59 Å². The minimum Gasteiger partial charge on any atom is -0.460 e. The van der Waals surface area contributed by atoms with Crippen molar-refractivity contribution in [1.82, 2.24) is 20.9 Å². The van der Waals surface area contributed by atoms with Gasteiger partial charge >= 0.3 is 18.0 Å². The first kappa shape index (κ1) is 38.2. The van der Waals surface area contributed by atoms with Crippen molar-refractivity contribution in [2.45, 2.75) is 71.9 Å². The van der Waals surface area contributed by atoms with Crippen LogP contribution in [0, 0.1) is 11.3 Å². The number of imide groups is 1. The summed E-state index contributed by atoms with van der Waals surface area (Å²) in [6.45, 7) is 6.29. The first-order valence-electron chi connectivity index (χ1n) is 15.6. The van der Waals surface area contributed by atoms with Gasteiger partial charge in [0.25, 0.3) is 11.8 Å². The molecule has 0 aromatic heterocycles. The van der Waals surface area contributed by atoms with Gasteiger partial charge in [0.1, 0.15) is 6.61 Å². The lowest BCUT2D eigenvalue weighted by atomic mass is 9.92. The summed E-state index contributed by atoms with van der Waals surface area (Å²) in [6.07, 6.45) is 3.84. The molecule has 0 fully saturated rings. The van der Waals surface area contributed by atoms with E-state index in [0.29, 0.717) is 32.4 Å². The van der Waals surface area contributed by atoms with Gasteiger partial charge in [0.2, 0.25) is 5.91 Å². The molecule has 2 rings (SSSR count). The Morgan fingerprint density at radius 2 is 1.45 bits per heavy atom. The molecule has 1 aliphatic heterocycles. The summed E-state index contributed by atoms with van der Waals surface area (Å²) in [5.41, 5.74) is 11.3. The maximum Gasteiger partial charge on any atom is 0.312 e. The topological polar surface area (TPSA) is 232 Å². The number of anilines is 1. The number of nitrogens with one attached hydrogen (secondary N) is 4. The van der Waals surface area contributed by atoms with Crippen LogP contribution in [-0.2, 0) is 35.3 Å². The Bertz CT molecular complexity index is 1290. The van der Waals surface area contributed by atoms with Crippen molar-refractivity contribution >= 4 is 47.2 Å². The lowest BCUT2D eigenvalue weighted by molar-refractivity contribution is -0.154. The summed E-state index contributed by atoms with van der Waals surface area (Å²) >= 11 is 0. The molecule has 7 amide bonds. The standard InChI is InChI=1S/C32H47N7O8/c1-32(2,3)29(44)47-20-21-8-10-23(11-9-21)37-19-22(6-4-15-35-30(33)45)18-25(40)24(7-5-16-36-31(34)46)38-26(41)14-17-39-27(42)12-13-28(39)43/h8-13,22,24,37H,4-7,14-20H2,1-3H3,(H,38,41)(H3,33,35,45)(H3,34,36,46)/t22-,24+/m1/s1. The third kappa shape index (κ3) is 14.8. The first-order chi connectivity index (χ1) is 22.1. The van der Waals surface area contributed by atoms with Gasteiger partial charge in [-0.1, -0.05) is 12.1 Å². The highest BCUT2D eigenvalue weighted by atomic mass is 16.5. The van der Waals surface area contributed by atoms with Crippen molar-refractivity contribution in [1.29, 1.82) is 0 Å². The number of rotatable bonds is 20. The van der Waals surface area contributed by atoms with Crippen LogP contribution in [0.1, 0.15) is 64.9 Å². The van der Waals surface area contributed by atoms with Crippen LogP contribution in [0.3, 0.4) is 0 Å². The number of nitrogens with two attached hydrogens (primary N) is 2. The number of amides is 7. The van der Waals surface area contributed by atoms with Crippen LogP contribution >= 0.6 is 0 Å². The molecule has 0 spiro atoms. The third-order valence-electron chi connectivity index (χ3n) is 7.27. The van der Waals surface area contributed by atoms with Crippen LogP contribution < -0.4 is 32.7 Å². The highest BCUT2D eigenvalue weighted by Gasteiger charge is 2.27. The zero-order valence-corrected chi connectivity index (χ0v) is 27.3. The smallest absolute Gasteiger partial charge is 0.312 e. The number of ketones is 1. The molecule has 2 atom stereocenters. The minimum absolute atomic E-state index is 0.0889. The summed E-state index contributed by atoms with van der Waals surface area (Å²) in [4.78, 5) is 85.2. The Morgan fingerprint density at radius 1 is 0.872 bits per heavy atom. The number of hydrogen-bond donors (Lipinski definition) is 6. The largest absolute Gasteiger partial charge is 0.460 e. The van der Waals surface area contributed by atoms with Crippen LogP contribution in [0.15, 0.2) is 36.4 Å². The summed E-state index contributed by atoms with van der Waals surface area (Å²) in [5.74, 6) is -2.25. The zero-order valence-electron chi connectivity index (χ0n) is 27.3. The molecule has 0 saturated carbocycles. The second-order valence-electron chi connectivity index (χ2n) is 12.3. The van der Waals surface area contributed by atoms with Crippen LogP contribution in [0.4, 0.5) is 15.3 Å². The molecule has 0 saturated heterocycles. The average molecular weight is 658 g/mol. The van der Waals surface area contributed by atoms with Crippen molar-refractivity contribution < 1.29 is 38.3 Å². The number of nitrogens with zero attached hydrogens (tertiary/aromatic N) is 1. The van der Waals surface area contributed by atoms with Gasteiger partial charge in [-0.05, 0) is 70.1 Å². The SMILES string of the molecule is CC(C)(C)C(=O)OCc1ccc(NC[C@H](CCCNC(N)=O)CC(=O)[C@H](CCCNC(N)=O)NC(=O)CCN2C(=O)C=CC2=O)cc1. The average Bonchev–Trinajstić information content (AvgIpc) is 3.32. The summed E-state index contributed by atoms with van der Waals surface area (Å²) < 4.78 is 5.37. The highest BCUT2D eigenvalue weighted by molar-refractivity contribution is 6.13. The van der Waals surface area contributed by atoms with E-state index < -0.39 is 41.2 Å². The number of Topliss-reactive ketones (excluding diaryl/α,β-unsaturated/α-hetero) is 1. The second-order valence-corrected chi connectivity index (χ2v) is 12.3. The van der Waals surface area contributed by atoms with E-state index in [0.717, 1.165) is 28.3 Å². The van der Waals surface area contributed by atoms with E-state index in [4.69, 9.17) is 16.2 Å². The van der Waals surface area contributed by atoms with Gasteiger partial charge in [-0.3, -0.25) is 28.9 Å². The first-order valence-corrected chi connectivity index (χ1v) is 15.6. The Balaban J connectivity index is 2.05. The van der Waals surface area contributed by atoms with Crippen molar-refractivity contribution in [3.8, 4) is 0 Å². The Hall–Kier alpha value is -4.95. The van der Waals surface area contributed by atoms with Crippen molar-refractivity contribution in [3.05, 3.63) is 42.0 Å². The molecule has 0 radical (unpaired) electrons. The fourth-order valence-electron chi connectivity index (χ4n) is 4.61.